The molecule has 1 aromatic carbocycles. The van der Waals surface area contributed by atoms with Crippen LogP contribution in [0.2, 0.25) is 0 Å². The molecule has 1 amide bonds. The van der Waals surface area contributed by atoms with E-state index in [1.54, 1.807) is 24.3 Å². The Bertz CT molecular complexity index is 1290. The number of aromatic nitrogens is 4. The maximum absolute atomic E-state index is 13.3. The summed E-state index contributed by atoms with van der Waals surface area (Å²) in [6.45, 7) is 4.11. The number of hydrogen-bond donors (Lipinski definition) is 2. The topological polar surface area (TPSA) is 136 Å². The third kappa shape index (κ3) is 4.63. The Labute approximate surface area is 184 Å². The maximum Gasteiger partial charge on any atom is 0.330 e. The Morgan fingerprint density at radius 2 is 1.84 bits per heavy atom. The second kappa shape index (κ2) is 10.1. The van der Waals surface area contributed by atoms with Crippen molar-refractivity contribution in [1.82, 2.24) is 19.3 Å². The summed E-state index contributed by atoms with van der Waals surface area (Å²) in [6, 6.07) is 6.97. The van der Waals surface area contributed by atoms with Crippen molar-refractivity contribution < 1.29 is 4.79 Å². The van der Waals surface area contributed by atoms with E-state index in [-0.39, 0.29) is 24.6 Å². The van der Waals surface area contributed by atoms with Gasteiger partial charge in [-0.25, -0.2) is 9.48 Å². The van der Waals surface area contributed by atoms with E-state index < -0.39 is 22.7 Å². The molecule has 10 heteroatoms. The van der Waals surface area contributed by atoms with E-state index in [0.29, 0.717) is 30.2 Å². The number of benzene rings is 1. The molecule has 0 aliphatic rings. The van der Waals surface area contributed by atoms with Crippen molar-refractivity contribution in [1.29, 1.82) is 0 Å². The lowest BCUT2D eigenvalue weighted by Gasteiger charge is -2.24. The van der Waals surface area contributed by atoms with Crippen LogP contribution in [0.4, 0.5) is 11.5 Å². The molecule has 32 heavy (non-hydrogen) atoms. The van der Waals surface area contributed by atoms with E-state index in [2.05, 4.69) is 10.1 Å². The molecule has 0 aliphatic heterocycles. The van der Waals surface area contributed by atoms with Crippen LogP contribution in [0.3, 0.4) is 0 Å². The molecule has 0 unspecified atom stereocenters. The van der Waals surface area contributed by atoms with Gasteiger partial charge in [-0.05, 0) is 18.9 Å². The third-order valence-electron chi connectivity index (χ3n) is 5.30. The normalized spacial score (nSPS) is 11.1. The first-order chi connectivity index (χ1) is 15.4. The predicted octanol–water partition coefficient (Wildman–Crippen LogP) is 1.46. The van der Waals surface area contributed by atoms with E-state index in [1.807, 2.05) is 13.8 Å². The van der Waals surface area contributed by atoms with Gasteiger partial charge in [-0.15, -0.1) is 0 Å². The maximum atomic E-state index is 13.3. The van der Waals surface area contributed by atoms with Gasteiger partial charge in [0.2, 0.25) is 5.91 Å². The van der Waals surface area contributed by atoms with Gasteiger partial charge >= 0.3 is 5.69 Å². The monoisotopic (exact) mass is 440 g/mol. The van der Waals surface area contributed by atoms with Gasteiger partial charge in [0.25, 0.3) is 11.1 Å². The highest BCUT2D eigenvalue weighted by Gasteiger charge is 2.24. The van der Waals surface area contributed by atoms with Crippen LogP contribution < -0.4 is 27.4 Å². The molecular formula is C22H28N6O4. The van der Waals surface area contributed by atoms with Gasteiger partial charge in [-0.2, -0.15) is 5.10 Å². The van der Waals surface area contributed by atoms with Gasteiger partial charge in [0, 0.05) is 18.5 Å². The fraction of sp³-hybridized carbons (Fsp3) is 0.409. The molecule has 2 aromatic heterocycles. The van der Waals surface area contributed by atoms with Crippen molar-refractivity contribution in [3.63, 3.8) is 0 Å². The Morgan fingerprint density at radius 3 is 2.56 bits per heavy atom. The fourth-order valence-electron chi connectivity index (χ4n) is 3.51. The first-order valence-corrected chi connectivity index (χ1v) is 10.8. The van der Waals surface area contributed by atoms with E-state index in [0.717, 1.165) is 17.5 Å². The summed E-state index contributed by atoms with van der Waals surface area (Å²) < 4.78 is 2.34. The zero-order chi connectivity index (χ0) is 23.3. The molecule has 2 heterocycles. The zero-order valence-corrected chi connectivity index (χ0v) is 18.3. The van der Waals surface area contributed by atoms with Crippen molar-refractivity contribution in [3.05, 3.63) is 61.7 Å². The summed E-state index contributed by atoms with van der Waals surface area (Å²) in [7, 11) is 0. The van der Waals surface area contributed by atoms with E-state index in [4.69, 9.17) is 5.73 Å². The molecule has 0 radical (unpaired) electrons. The number of aromatic amines is 1. The molecule has 0 spiro atoms. The largest absolute Gasteiger partial charge is 0.383 e. The van der Waals surface area contributed by atoms with Crippen LogP contribution in [0.5, 0.6) is 0 Å². The van der Waals surface area contributed by atoms with Crippen molar-refractivity contribution in [2.24, 2.45) is 0 Å². The molecule has 0 saturated heterocycles. The van der Waals surface area contributed by atoms with Gasteiger partial charge in [0.15, 0.2) is 5.69 Å². The summed E-state index contributed by atoms with van der Waals surface area (Å²) in [5, 5.41) is 5.22. The molecule has 3 rings (SSSR count). The SMILES string of the molecule is CCCCN(C(=O)Cn1ncc2ccccc2c1=O)c1c(N)n(CCCC)c(=O)[nH]c1=O. The van der Waals surface area contributed by atoms with Crippen LogP contribution >= 0.6 is 0 Å². The molecule has 0 aliphatic carbocycles. The lowest BCUT2D eigenvalue weighted by Crippen LogP contribution is -2.44. The number of H-pyrrole nitrogens is 1. The minimum atomic E-state index is -0.733. The number of fused-ring (bicyclic) bond motifs is 1. The lowest BCUT2D eigenvalue weighted by molar-refractivity contribution is -0.119. The molecule has 10 nitrogen and oxygen atoms in total. The minimum Gasteiger partial charge on any atom is -0.383 e. The average Bonchev–Trinajstić information content (AvgIpc) is 2.77. The number of rotatable bonds is 9. The number of nitrogens with zero attached hydrogens (tertiary/aromatic N) is 4. The summed E-state index contributed by atoms with van der Waals surface area (Å²) in [6.07, 6.45) is 4.42. The average molecular weight is 441 g/mol. The fourth-order valence-corrected chi connectivity index (χ4v) is 3.51. The zero-order valence-electron chi connectivity index (χ0n) is 18.3. The van der Waals surface area contributed by atoms with Crippen LogP contribution in [0.1, 0.15) is 39.5 Å². The first-order valence-electron chi connectivity index (χ1n) is 10.8. The van der Waals surface area contributed by atoms with Gasteiger partial charge in [-0.3, -0.25) is 23.9 Å². The molecule has 0 saturated carbocycles. The predicted molar refractivity (Wildman–Crippen MR) is 124 cm³/mol. The first kappa shape index (κ1) is 23.0. The number of nitrogens with two attached hydrogens (primary N) is 1. The number of anilines is 2. The number of carbonyl (C=O) groups is 1. The quantitative estimate of drug-likeness (QED) is 0.517. The van der Waals surface area contributed by atoms with Crippen molar-refractivity contribution >= 4 is 28.2 Å². The second-order valence-electron chi connectivity index (χ2n) is 7.59. The standard InChI is InChI=1S/C22H28N6O4/c1-3-5-11-26(18-19(23)27(12-6-4-2)22(32)25-20(18)30)17(29)14-28-21(31)16-10-8-7-9-15(16)13-24-28/h7-10,13H,3-6,11-12,14,23H2,1-2H3,(H,25,30,32). The highest BCUT2D eigenvalue weighted by atomic mass is 16.2. The highest BCUT2D eigenvalue weighted by Crippen LogP contribution is 2.18. The Morgan fingerprint density at radius 1 is 1.12 bits per heavy atom. The Hall–Kier alpha value is -3.69. The molecule has 0 fully saturated rings. The second-order valence-corrected chi connectivity index (χ2v) is 7.59. The number of unbranched alkanes of at least 4 members (excludes halogenated alkanes) is 2. The molecule has 3 aromatic rings. The van der Waals surface area contributed by atoms with Crippen molar-refractivity contribution in [3.8, 4) is 0 Å². The van der Waals surface area contributed by atoms with Crippen LogP contribution in [-0.4, -0.2) is 31.8 Å². The number of nitrogen functional groups attached to an aromatic ring is 1. The van der Waals surface area contributed by atoms with E-state index in [9.17, 15) is 19.2 Å². The third-order valence-corrected chi connectivity index (χ3v) is 5.30. The molecular weight excluding hydrogens is 412 g/mol. The van der Waals surface area contributed by atoms with Crippen molar-refractivity contribution in [2.75, 3.05) is 17.2 Å². The van der Waals surface area contributed by atoms with E-state index >= 15 is 0 Å². The molecule has 0 bridgehead atoms. The summed E-state index contributed by atoms with van der Waals surface area (Å²) in [5.74, 6) is -0.573. The van der Waals surface area contributed by atoms with Gasteiger partial charge in [0.05, 0.1) is 11.6 Å². The Kier molecular flexibility index (Phi) is 7.24. The lowest BCUT2D eigenvalue weighted by atomic mass is 10.2. The minimum absolute atomic E-state index is 0.0597. The van der Waals surface area contributed by atoms with Crippen LogP contribution in [0.15, 0.2) is 44.8 Å². The smallest absolute Gasteiger partial charge is 0.330 e. The number of carbonyl (C=O) groups excluding carboxylic acids is 1. The number of amides is 1. The summed E-state index contributed by atoms with van der Waals surface area (Å²) in [5.41, 5.74) is 4.38. The van der Waals surface area contributed by atoms with Gasteiger partial charge in [0.1, 0.15) is 12.4 Å². The molecule has 0 atom stereocenters. The summed E-state index contributed by atoms with van der Waals surface area (Å²) >= 11 is 0. The van der Waals surface area contributed by atoms with Gasteiger partial charge < -0.3 is 10.6 Å². The van der Waals surface area contributed by atoms with Crippen LogP contribution in [0, 0.1) is 0 Å². The van der Waals surface area contributed by atoms with Crippen LogP contribution in [0.25, 0.3) is 10.8 Å². The van der Waals surface area contributed by atoms with Gasteiger partial charge in [-0.1, -0.05) is 44.9 Å². The van der Waals surface area contributed by atoms with Crippen LogP contribution in [-0.2, 0) is 17.9 Å². The Balaban J connectivity index is 2.03. The molecule has 3 N–H and O–H groups in total. The van der Waals surface area contributed by atoms with E-state index in [1.165, 1.54) is 15.7 Å². The highest BCUT2D eigenvalue weighted by molar-refractivity contribution is 5.95. The number of hydrogen-bond acceptors (Lipinski definition) is 6. The van der Waals surface area contributed by atoms with Crippen molar-refractivity contribution in [2.45, 2.75) is 52.6 Å². The number of nitrogens with one attached hydrogen (secondary N) is 1. The summed E-state index contributed by atoms with van der Waals surface area (Å²) in [4.78, 5) is 54.5. The molecule has 170 valence electrons.